The molecule has 0 aromatic carbocycles. The van der Waals surface area contributed by atoms with Crippen molar-refractivity contribution in [2.75, 3.05) is 33.7 Å². The Hall–Kier alpha value is -6.06. The Balaban J connectivity index is 2.23. The second-order valence-corrected chi connectivity index (χ2v) is 24.9. The van der Waals surface area contributed by atoms with Crippen molar-refractivity contribution < 1.29 is 47.9 Å². The monoisotopic (exact) mass is 1130 g/mol. The van der Waals surface area contributed by atoms with Crippen LogP contribution < -0.4 is 47.9 Å². The molecule has 1 aliphatic heterocycles. The van der Waals surface area contributed by atoms with E-state index in [-0.39, 0.29) is 74.3 Å². The summed E-state index contributed by atoms with van der Waals surface area (Å²) in [6, 6.07) is -0.198. The van der Waals surface area contributed by atoms with Crippen molar-refractivity contribution in [1.29, 1.82) is 0 Å². The van der Waals surface area contributed by atoms with Crippen molar-refractivity contribution in [3.8, 4) is 0 Å². The third-order valence-corrected chi connectivity index (χ3v) is 13.8. The maximum absolute atomic E-state index is 14.3. The number of carbonyl (C=O) groups excluding carboxylic acids is 10. The summed E-state index contributed by atoms with van der Waals surface area (Å²) in [4.78, 5) is 144. The van der Waals surface area contributed by atoms with Gasteiger partial charge < -0.3 is 62.6 Å². The van der Waals surface area contributed by atoms with E-state index in [4.69, 9.17) is 0 Å². The Labute approximate surface area is 476 Å². The molecule has 10 amide bonds. The Kier molecular flexibility index (Phi) is 28.9. The van der Waals surface area contributed by atoms with Gasteiger partial charge in [-0.05, 0) is 131 Å². The summed E-state index contributed by atoms with van der Waals surface area (Å²) >= 11 is 0. The lowest BCUT2D eigenvalue weighted by Crippen LogP contribution is -2.65. The topological polar surface area (TPSA) is 301 Å². The highest BCUT2D eigenvalue weighted by Gasteiger charge is 2.41. The van der Waals surface area contributed by atoms with Crippen LogP contribution in [-0.4, -0.2) is 155 Å². The highest BCUT2D eigenvalue weighted by molar-refractivity contribution is 6.03. The molecule has 1 aromatic heterocycles. The normalized spacial score (nSPS) is 15.8. The fourth-order valence-corrected chi connectivity index (χ4v) is 9.40. The second-order valence-electron chi connectivity index (χ2n) is 24.9. The van der Waals surface area contributed by atoms with Crippen molar-refractivity contribution >= 4 is 59.1 Å². The van der Waals surface area contributed by atoms with Crippen molar-refractivity contribution in [3.05, 3.63) is 24.0 Å². The van der Waals surface area contributed by atoms with E-state index in [1.54, 1.807) is 23.2 Å². The van der Waals surface area contributed by atoms with Crippen LogP contribution in [0.3, 0.4) is 0 Å². The van der Waals surface area contributed by atoms with Crippen LogP contribution in [0.2, 0.25) is 0 Å². The van der Waals surface area contributed by atoms with Crippen LogP contribution in [-0.2, 0) is 43.2 Å². The van der Waals surface area contributed by atoms with Crippen molar-refractivity contribution in [2.45, 2.75) is 227 Å². The summed E-state index contributed by atoms with van der Waals surface area (Å²) in [5.74, 6) is -7.19. The van der Waals surface area contributed by atoms with Gasteiger partial charge in [0, 0.05) is 38.3 Å². The predicted molar refractivity (Wildman–Crippen MR) is 309 cm³/mol. The van der Waals surface area contributed by atoms with Gasteiger partial charge in [-0.2, -0.15) is 0 Å². The Morgan fingerprint density at radius 2 is 1.14 bits per heavy atom. The molecule has 6 atom stereocenters. The zero-order chi connectivity index (χ0) is 60.7. The number of amides is 10. The summed E-state index contributed by atoms with van der Waals surface area (Å²) < 4.78 is 0. The number of hydrogen-bond donors (Lipinski definition) is 10. The molecule has 22 heteroatoms. The lowest BCUT2D eigenvalue weighted by atomic mass is 9.95. The summed E-state index contributed by atoms with van der Waals surface area (Å²) in [6.07, 6.45) is 8.44. The Morgan fingerprint density at radius 3 is 1.66 bits per heavy atom. The molecular formula is C58H102N12O10. The van der Waals surface area contributed by atoms with Gasteiger partial charge in [-0.15, -0.1) is 0 Å². The second kappa shape index (κ2) is 33.0. The first-order valence-corrected chi connectivity index (χ1v) is 29.1. The molecule has 22 nitrogen and oxygen atoms in total. The number of aromatic nitrogens is 1. The van der Waals surface area contributed by atoms with Crippen LogP contribution in [0.5, 0.6) is 0 Å². The van der Waals surface area contributed by atoms with Crippen molar-refractivity contribution in [2.24, 2.45) is 23.7 Å². The molecule has 2 rings (SSSR count). The first-order chi connectivity index (χ1) is 37.2. The number of carbonyl (C=O) groups is 10. The maximum atomic E-state index is 14.3. The number of likely N-dealkylation sites (N-methyl/N-ethyl adjacent to an activating group) is 1. The SMILES string of the molecule is CCCCCCCC[C@@H](C(=O)N[C@@H](CC(C)C)C(=O)NC(C)(C)C(=O)N[C@@H](CC(C)C)C(=O)N[C@@H](CC(C)C)C(=O)NC(C)(C)C(=O)NC(C)(C)C(=O)NCCC(=O)N[C@@H](C)CN(C)C)C(=O)N[C@@H]1CCCN1C(=O)c1ccc[nH]1. The van der Waals surface area contributed by atoms with E-state index in [2.05, 4.69) is 59.8 Å². The molecule has 0 unspecified atom stereocenters. The smallest absolute Gasteiger partial charge is 0.271 e. The zero-order valence-electron chi connectivity index (χ0n) is 51.2. The van der Waals surface area contributed by atoms with E-state index in [1.165, 1.54) is 41.5 Å². The highest BCUT2D eigenvalue weighted by atomic mass is 16.2. The molecule has 454 valence electrons. The Morgan fingerprint density at radius 1 is 0.625 bits per heavy atom. The first-order valence-electron chi connectivity index (χ1n) is 29.1. The van der Waals surface area contributed by atoms with Gasteiger partial charge in [0.2, 0.25) is 53.2 Å². The molecule has 2 heterocycles. The maximum Gasteiger partial charge on any atom is 0.271 e. The van der Waals surface area contributed by atoms with E-state index in [1.807, 2.05) is 67.5 Å². The minimum absolute atomic E-state index is 0.0284. The summed E-state index contributed by atoms with van der Waals surface area (Å²) in [7, 11) is 3.79. The zero-order valence-corrected chi connectivity index (χ0v) is 51.2. The van der Waals surface area contributed by atoms with Crippen LogP contribution in [0.4, 0.5) is 0 Å². The first kappa shape index (κ1) is 70.0. The predicted octanol–water partition coefficient (Wildman–Crippen LogP) is 3.91. The van der Waals surface area contributed by atoms with Crippen LogP contribution >= 0.6 is 0 Å². The molecule has 0 spiro atoms. The molecule has 10 N–H and O–H groups in total. The van der Waals surface area contributed by atoms with Crippen LogP contribution in [0.15, 0.2) is 18.3 Å². The standard InChI is InChI=1S/C58H102N12O10/c1-17-18-19-20-21-22-25-40(48(73)65-45-27-24-31-70(45)52(77)41-26-23-29-59-41)47(72)62-43(33-37(4)5)50(75)66-57(11,12)54(79)64-42(32-36(2)3)49(74)63-44(34-38(6)7)51(76)67-58(13,14)55(80)68-56(9,10)53(78)60-30-28-46(71)61-39(8)35-69(15)16/h23,26,29,36-40,42-45,59H,17-22,24-25,27-28,30-35H2,1-16H3,(H,60,78)(H,61,71)(H,62,72)(H,63,74)(H,64,79)(H,65,73)(H,66,75)(H,67,76)(H,68,80)/t39-,40-,42-,43-,44-,45-/m0/s1. The van der Waals surface area contributed by atoms with Crippen molar-refractivity contribution in [3.63, 3.8) is 0 Å². The van der Waals surface area contributed by atoms with Crippen LogP contribution in [0, 0.1) is 23.7 Å². The molecule has 80 heavy (non-hydrogen) atoms. The van der Waals surface area contributed by atoms with Gasteiger partial charge >= 0.3 is 0 Å². The van der Waals surface area contributed by atoms with E-state index in [9.17, 15) is 47.9 Å². The van der Waals surface area contributed by atoms with Gasteiger partial charge in [0.1, 0.15) is 52.5 Å². The van der Waals surface area contributed by atoms with E-state index in [0.29, 0.717) is 38.0 Å². The third kappa shape index (κ3) is 24.3. The largest absolute Gasteiger partial charge is 0.357 e. The molecule has 1 saturated heterocycles. The lowest BCUT2D eigenvalue weighted by molar-refractivity contribution is -0.140. The third-order valence-electron chi connectivity index (χ3n) is 13.8. The van der Waals surface area contributed by atoms with Gasteiger partial charge in [0.05, 0.1) is 0 Å². The number of H-pyrrole nitrogens is 1. The fourth-order valence-electron chi connectivity index (χ4n) is 9.40. The van der Waals surface area contributed by atoms with E-state index >= 15 is 0 Å². The van der Waals surface area contributed by atoms with Gasteiger partial charge in [-0.1, -0.05) is 87.0 Å². The number of hydrogen-bond acceptors (Lipinski definition) is 11. The minimum Gasteiger partial charge on any atom is -0.357 e. The van der Waals surface area contributed by atoms with Crippen molar-refractivity contribution in [1.82, 2.24) is 62.6 Å². The number of aromatic amines is 1. The van der Waals surface area contributed by atoms with Crippen LogP contribution in [0.25, 0.3) is 0 Å². The molecule has 1 fully saturated rings. The highest BCUT2D eigenvalue weighted by Crippen LogP contribution is 2.22. The summed E-state index contributed by atoms with van der Waals surface area (Å²) in [5.41, 5.74) is -4.28. The van der Waals surface area contributed by atoms with E-state index < -0.39 is 94.1 Å². The molecular weight excluding hydrogens is 1020 g/mol. The van der Waals surface area contributed by atoms with Gasteiger partial charge in [0.25, 0.3) is 5.91 Å². The molecule has 0 bridgehead atoms. The molecule has 0 radical (unpaired) electrons. The minimum atomic E-state index is -1.64. The van der Waals surface area contributed by atoms with E-state index in [0.717, 1.165) is 32.1 Å². The van der Waals surface area contributed by atoms with Gasteiger partial charge in [-0.3, -0.25) is 47.9 Å². The molecule has 1 aliphatic rings. The number of nitrogens with one attached hydrogen (secondary N) is 10. The average molecular weight is 1130 g/mol. The molecule has 1 aromatic rings. The van der Waals surface area contributed by atoms with Gasteiger partial charge in [0.15, 0.2) is 0 Å². The average Bonchev–Trinajstić information content (AvgIpc) is 4.05. The Bertz CT molecular complexity index is 2210. The molecule has 0 saturated carbocycles. The number of unbranched alkanes of at least 4 members (excludes halogenated alkanes) is 5. The number of likely N-dealkylation sites (tertiary alicyclic amines) is 1. The lowest BCUT2D eigenvalue weighted by Gasteiger charge is -2.34. The van der Waals surface area contributed by atoms with Gasteiger partial charge in [-0.25, -0.2) is 0 Å². The molecule has 0 aliphatic carbocycles. The number of rotatable bonds is 35. The van der Waals surface area contributed by atoms with Crippen LogP contribution in [0.1, 0.15) is 191 Å². The number of nitrogens with zero attached hydrogens (tertiary/aromatic N) is 2. The quantitative estimate of drug-likeness (QED) is 0.0343. The fraction of sp³-hybridized carbons (Fsp3) is 0.759. The summed E-state index contributed by atoms with van der Waals surface area (Å²) in [5, 5.41) is 25.1. The summed E-state index contributed by atoms with van der Waals surface area (Å²) in [6.45, 7) is 25.1.